The van der Waals surface area contributed by atoms with E-state index in [1.165, 1.54) is 23.6 Å². The molecule has 1 saturated heterocycles. The third-order valence-electron chi connectivity index (χ3n) is 5.64. The van der Waals surface area contributed by atoms with Crippen LogP contribution >= 0.6 is 0 Å². The number of carbonyl (C=O) groups excluding carboxylic acids is 3. The van der Waals surface area contributed by atoms with Crippen molar-refractivity contribution < 1.29 is 24.2 Å². The molecule has 0 bridgehead atoms. The molecule has 178 valence electrons. The Morgan fingerprint density at radius 1 is 1.24 bits per heavy atom. The molecule has 33 heavy (non-hydrogen) atoms. The molecular weight excluding hydrogens is 426 g/mol. The minimum absolute atomic E-state index is 0.0217. The van der Waals surface area contributed by atoms with Crippen LogP contribution in [0.2, 0.25) is 0 Å². The van der Waals surface area contributed by atoms with Gasteiger partial charge in [-0.3, -0.25) is 14.4 Å². The maximum Gasteiger partial charge on any atom is 0.248 e. The van der Waals surface area contributed by atoms with Gasteiger partial charge in [-0.15, -0.1) is 5.10 Å². The average molecular weight is 458 g/mol. The SMILES string of the molecule is CNC(=O)C1CC(O)CN1C(=O)[C@@H](n1cc(COc2ccc(C(C)=O)cc2)nn1)C(C)(C)C. The predicted molar refractivity (Wildman–Crippen MR) is 119 cm³/mol. The van der Waals surface area contributed by atoms with Gasteiger partial charge in [0.15, 0.2) is 5.78 Å². The summed E-state index contributed by atoms with van der Waals surface area (Å²) in [4.78, 5) is 38.6. The van der Waals surface area contributed by atoms with Crippen LogP contribution in [0.4, 0.5) is 0 Å². The number of aliphatic hydroxyl groups excluding tert-OH is 1. The molecule has 2 amide bonds. The number of ether oxygens (including phenoxy) is 1. The number of aromatic nitrogens is 3. The van der Waals surface area contributed by atoms with Crippen LogP contribution in [-0.2, 0) is 16.2 Å². The van der Waals surface area contributed by atoms with E-state index in [0.29, 0.717) is 17.0 Å². The number of rotatable bonds is 7. The van der Waals surface area contributed by atoms with Crippen molar-refractivity contribution in [1.82, 2.24) is 25.2 Å². The molecule has 1 aromatic carbocycles. The minimum atomic E-state index is -0.758. The van der Waals surface area contributed by atoms with Crippen LogP contribution in [0, 0.1) is 5.41 Å². The summed E-state index contributed by atoms with van der Waals surface area (Å²) >= 11 is 0. The Morgan fingerprint density at radius 3 is 2.48 bits per heavy atom. The van der Waals surface area contributed by atoms with Gasteiger partial charge in [-0.2, -0.15) is 0 Å². The quantitative estimate of drug-likeness (QED) is 0.601. The summed E-state index contributed by atoms with van der Waals surface area (Å²) < 4.78 is 7.23. The molecule has 1 aromatic heterocycles. The predicted octanol–water partition coefficient (Wildman–Crippen LogP) is 1.35. The van der Waals surface area contributed by atoms with Crippen molar-refractivity contribution in [3.05, 3.63) is 41.7 Å². The second-order valence-corrected chi connectivity index (χ2v) is 9.34. The molecule has 1 fully saturated rings. The lowest BCUT2D eigenvalue weighted by atomic mass is 9.85. The molecule has 2 unspecified atom stereocenters. The summed E-state index contributed by atoms with van der Waals surface area (Å²) in [5.41, 5.74) is 0.588. The van der Waals surface area contributed by atoms with Crippen molar-refractivity contribution in [2.75, 3.05) is 13.6 Å². The van der Waals surface area contributed by atoms with Crippen molar-refractivity contribution in [2.45, 2.75) is 58.9 Å². The van der Waals surface area contributed by atoms with Gasteiger partial charge in [-0.1, -0.05) is 26.0 Å². The molecule has 0 saturated carbocycles. The summed E-state index contributed by atoms with van der Waals surface area (Å²) in [5.74, 6) is -0.0510. The highest BCUT2D eigenvalue weighted by molar-refractivity contribution is 5.94. The van der Waals surface area contributed by atoms with Crippen LogP contribution < -0.4 is 10.1 Å². The number of nitrogens with one attached hydrogen (secondary N) is 1. The Hall–Kier alpha value is -3.27. The van der Waals surface area contributed by atoms with Crippen LogP contribution in [0.15, 0.2) is 30.5 Å². The Morgan fingerprint density at radius 2 is 1.91 bits per heavy atom. The number of benzene rings is 1. The largest absolute Gasteiger partial charge is 0.487 e. The normalized spacial score (nSPS) is 19.3. The fraction of sp³-hybridized carbons (Fsp3) is 0.522. The summed E-state index contributed by atoms with van der Waals surface area (Å²) in [5, 5.41) is 21.0. The van der Waals surface area contributed by atoms with Gasteiger partial charge in [0.25, 0.3) is 0 Å². The van der Waals surface area contributed by atoms with Crippen molar-refractivity contribution in [2.24, 2.45) is 5.41 Å². The second-order valence-electron chi connectivity index (χ2n) is 9.34. The Labute approximate surface area is 192 Å². The van der Waals surface area contributed by atoms with E-state index < -0.39 is 23.6 Å². The first-order chi connectivity index (χ1) is 15.5. The van der Waals surface area contributed by atoms with Crippen molar-refractivity contribution in [3.8, 4) is 5.75 Å². The Kier molecular flexibility index (Phi) is 7.16. The van der Waals surface area contributed by atoms with Crippen LogP contribution in [0.3, 0.4) is 0 Å². The third-order valence-corrected chi connectivity index (χ3v) is 5.64. The zero-order chi connectivity index (χ0) is 24.3. The molecular formula is C23H31N5O5. The van der Waals surface area contributed by atoms with Gasteiger partial charge in [0.2, 0.25) is 11.8 Å². The monoisotopic (exact) mass is 457 g/mol. The Bertz CT molecular complexity index is 1010. The molecule has 2 N–H and O–H groups in total. The summed E-state index contributed by atoms with van der Waals surface area (Å²) in [7, 11) is 1.51. The standard InChI is InChI=1S/C23H31N5O5/c1-14(29)15-6-8-18(9-7-15)33-13-16-11-28(26-25-16)20(23(2,3)4)22(32)27-12-17(30)10-19(27)21(31)24-5/h6-9,11,17,19-20,30H,10,12-13H2,1-5H3,(H,24,31)/t17?,19?,20-/m1/s1. The van der Waals surface area contributed by atoms with Gasteiger partial charge in [0.05, 0.1) is 12.3 Å². The second kappa shape index (κ2) is 9.70. The molecule has 0 spiro atoms. The fourth-order valence-electron chi connectivity index (χ4n) is 3.96. The van der Waals surface area contributed by atoms with E-state index in [0.717, 1.165) is 0 Å². The van der Waals surface area contributed by atoms with Crippen LogP contribution in [0.5, 0.6) is 5.75 Å². The van der Waals surface area contributed by atoms with E-state index in [1.807, 2.05) is 20.8 Å². The number of carbonyl (C=O) groups is 3. The van der Waals surface area contributed by atoms with E-state index in [2.05, 4.69) is 15.6 Å². The number of β-amino-alcohol motifs (C(OH)–C–C–N with tert-alkyl or cyclic N) is 1. The van der Waals surface area contributed by atoms with E-state index in [1.54, 1.807) is 30.5 Å². The summed E-state index contributed by atoms with van der Waals surface area (Å²) in [6.45, 7) is 7.45. The topological polar surface area (TPSA) is 127 Å². The lowest BCUT2D eigenvalue weighted by Gasteiger charge is -2.34. The Balaban J connectivity index is 1.76. The molecule has 2 heterocycles. The molecule has 3 atom stereocenters. The van der Waals surface area contributed by atoms with E-state index in [9.17, 15) is 19.5 Å². The van der Waals surface area contributed by atoms with Gasteiger partial charge in [-0.25, -0.2) is 4.68 Å². The number of hydrogen-bond acceptors (Lipinski definition) is 7. The fourth-order valence-corrected chi connectivity index (χ4v) is 3.96. The van der Waals surface area contributed by atoms with Gasteiger partial charge in [0, 0.05) is 25.6 Å². The van der Waals surface area contributed by atoms with Crippen LogP contribution in [0.25, 0.3) is 0 Å². The molecule has 0 aliphatic carbocycles. The zero-order valence-corrected chi connectivity index (χ0v) is 19.6. The van der Waals surface area contributed by atoms with Gasteiger partial charge in [-0.05, 0) is 36.6 Å². The summed E-state index contributed by atoms with van der Waals surface area (Å²) in [6.07, 6.45) is 1.09. The van der Waals surface area contributed by atoms with E-state index in [-0.39, 0.29) is 37.2 Å². The van der Waals surface area contributed by atoms with Gasteiger partial charge >= 0.3 is 0 Å². The van der Waals surface area contributed by atoms with Crippen LogP contribution in [-0.4, -0.2) is 68.3 Å². The number of hydrogen-bond donors (Lipinski definition) is 2. The molecule has 1 aliphatic heterocycles. The average Bonchev–Trinajstić information content (AvgIpc) is 3.37. The summed E-state index contributed by atoms with van der Waals surface area (Å²) in [6, 6.07) is 5.34. The molecule has 1 aliphatic rings. The van der Waals surface area contributed by atoms with Crippen molar-refractivity contribution in [1.29, 1.82) is 0 Å². The number of aliphatic hydroxyl groups is 1. The minimum Gasteiger partial charge on any atom is -0.487 e. The highest BCUT2D eigenvalue weighted by Gasteiger charge is 2.45. The molecule has 0 radical (unpaired) electrons. The highest BCUT2D eigenvalue weighted by atomic mass is 16.5. The van der Waals surface area contributed by atoms with Crippen molar-refractivity contribution in [3.63, 3.8) is 0 Å². The van der Waals surface area contributed by atoms with E-state index in [4.69, 9.17) is 4.74 Å². The van der Waals surface area contributed by atoms with Gasteiger partial charge < -0.3 is 20.1 Å². The number of Topliss-reactive ketones (excluding diaryl/α,β-unsaturated/α-hetero) is 1. The van der Waals surface area contributed by atoms with E-state index >= 15 is 0 Å². The first-order valence-electron chi connectivity index (χ1n) is 10.9. The lowest BCUT2D eigenvalue weighted by molar-refractivity contribution is -0.144. The molecule has 3 rings (SSSR count). The lowest BCUT2D eigenvalue weighted by Crippen LogP contribution is -2.49. The smallest absolute Gasteiger partial charge is 0.248 e. The number of likely N-dealkylation sites (N-methyl/N-ethyl adjacent to an activating group) is 1. The first kappa shape index (κ1) is 24.4. The maximum absolute atomic E-state index is 13.5. The molecule has 10 heteroatoms. The number of amides is 2. The number of nitrogens with zero attached hydrogens (tertiary/aromatic N) is 4. The third kappa shape index (κ3) is 5.57. The van der Waals surface area contributed by atoms with Crippen LogP contribution in [0.1, 0.15) is 56.2 Å². The molecule has 10 nitrogen and oxygen atoms in total. The first-order valence-corrected chi connectivity index (χ1v) is 10.9. The van der Waals surface area contributed by atoms with Crippen molar-refractivity contribution >= 4 is 17.6 Å². The molecule has 2 aromatic rings. The maximum atomic E-state index is 13.5. The number of ketones is 1. The zero-order valence-electron chi connectivity index (χ0n) is 19.6. The number of likely N-dealkylation sites (tertiary alicyclic amines) is 1. The van der Waals surface area contributed by atoms with Gasteiger partial charge in [0.1, 0.15) is 30.1 Å². The highest BCUT2D eigenvalue weighted by Crippen LogP contribution is 2.34.